The third-order valence-corrected chi connectivity index (χ3v) is 3.94. The van der Waals surface area contributed by atoms with Gasteiger partial charge in [-0.1, -0.05) is 26.7 Å². The Bertz CT molecular complexity index is 594. The van der Waals surface area contributed by atoms with Crippen LogP contribution in [0.15, 0.2) is 11.2 Å². The molecule has 1 aliphatic rings. The number of aromatic amines is 1. The maximum atomic E-state index is 11.9. The number of aryl methyl sites for hydroxylation is 1. The van der Waals surface area contributed by atoms with Gasteiger partial charge in [0.25, 0.3) is 0 Å². The fraction of sp³-hybridized carbons (Fsp3) is 0.588. The molecule has 0 aliphatic carbocycles. The predicted molar refractivity (Wildman–Crippen MR) is 87.3 cm³/mol. The zero-order chi connectivity index (χ0) is 15.9. The van der Waals surface area contributed by atoms with Crippen molar-refractivity contribution in [3.05, 3.63) is 17.5 Å². The van der Waals surface area contributed by atoms with Crippen LogP contribution in [0.3, 0.4) is 0 Å². The Morgan fingerprint density at radius 1 is 1.36 bits per heavy atom. The normalized spacial score (nSPS) is 16.5. The molecule has 0 radical (unpaired) electrons. The largest absolute Gasteiger partial charge is 0.351 e. The van der Waals surface area contributed by atoms with Crippen molar-refractivity contribution >= 4 is 17.3 Å². The van der Waals surface area contributed by atoms with E-state index in [4.69, 9.17) is 0 Å². The van der Waals surface area contributed by atoms with E-state index in [0.29, 0.717) is 18.7 Å². The zero-order valence-electron chi connectivity index (χ0n) is 13.5. The Kier molecular flexibility index (Phi) is 5.76. The highest BCUT2D eigenvalue weighted by atomic mass is 16.2. The van der Waals surface area contributed by atoms with Crippen molar-refractivity contribution in [2.45, 2.75) is 52.4 Å². The Balaban J connectivity index is 2.17. The smallest absolute Gasteiger partial charge is 0.228 e. The molecule has 0 spiro atoms. The van der Waals surface area contributed by atoms with Crippen LogP contribution >= 0.6 is 0 Å². The first kappa shape index (κ1) is 16.3. The molecular weight excluding hydrogens is 276 g/mol. The van der Waals surface area contributed by atoms with Gasteiger partial charge in [-0.15, -0.1) is 0 Å². The number of H-pyrrole nitrogens is 1. The van der Waals surface area contributed by atoms with Gasteiger partial charge in [0, 0.05) is 18.5 Å². The van der Waals surface area contributed by atoms with Crippen LogP contribution in [0.5, 0.6) is 0 Å². The number of aliphatic imine (C=N–C) groups is 1. The average molecular weight is 300 g/mol. The van der Waals surface area contributed by atoms with E-state index in [9.17, 15) is 10.1 Å². The van der Waals surface area contributed by atoms with Crippen molar-refractivity contribution in [2.75, 3.05) is 13.1 Å². The monoisotopic (exact) mass is 300 g/mol. The molecule has 2 rings (SSSR count). The number of carbonyl (C=O) groups excluding carboxylic acids is 1. The van der Waals surface area contributed by atoms with Gasteiger partial charge in [-0.05, 0) is 24.8 Å². The Morgan fingerprint density at radius 3 is 2.86 bits per heavy atom. The highest BCUT2D eigenvalue weighted by Gasteiger charge is 2.25. The molecule has 118 valence electrons. The molecule has 1 aliphatic heterocycles. The number of aromatic nitrogens is 1. The minimum Gasteiger partial charge on any atom is -0.351 e. The number of hydrogen-bond donors (Lipinski definition) is 1. The lowest BCUT2D eigenvalue weighted by Crippen LogP contribution is -2.25. The summed E-state index contributed by atoms with van der Waals surface area (Å²) in [5.74, 6) is 0.141. The molecule has 0 bridgehead atoms. The fourth-order valence-electron chi connectivity index (χ4n) is 2.78. The van der Waals surface area contributed by atoms with Crippen molar-refractivity contribution in [3.63, 3.8) is 0 Å². The first-order valence-corrected chi connectivity index (χ1v) is 8.14. The highest BCUT2D eigenvalue weighted by Crippen LogP contribution is 2.27. The first-order chi connectivity index (χ1) is 10.7. The van der Waals surface area contributed by atoms with E-state index in [1.807, 2.05) is 11.1 Å². The van der Waals surface area contributed by atoms with E-state index in [2.05, 4.69) is 29.9 Å². The number of nitriles is 1. The van der Waals surface area contributed by atoms with Crippen molar-refractivity contribution in [1.82, 2.24) is 9.88 Å². The molecule has 0 saturated carbocycles. The lowest BCUT2D eigenvalue weighted by atomic mass is 10.1. The number of amides is 1. The summed E-state index contributed by atoms with van der Waals surface area (Å²) < 4.78 is 0. The molecule has 0 atom stereocenters. The Hall–Kier alpha value is -2.09. The first-order valence-electron chi connectivity index (χ1n) is 8.14. The summed E-state index contributed by atoms with van der Waals surface area (Å²) in [5.41, 5.74) is 3.19. The molecule has 1 fully saturated rings. The quantitative estimate of drug-likeness (QED) is 0.784. The summed E-state index contributed by atoms with van der Waals surface area (Å²) in [4.78, 5) is 21.4. The average Bonchev–Trinajstić information content (AvgIpc) is 3.04. The van der Waals surface area contributed by atoms with Crippen LogP contribution < -0.4 is 0 Å². The highest BCUT2D eigenvalue weighted by molar-refractivity contribution is 6.09. The minimum absolute atomic E-state index is 0.141. The number of nitrogens with one attached hydrogen (secondary N) is 1. The number of likely N-dealkylation sites (tertiary alicyclic amines) is 1. The van der Waals surface area contributed by atoms with Gasteiger partial charge >= 0.3 is 0 Å². The van der Waals surface area contributed by atoms with Crippen LogP contribution in [0.25, 0.3) is 0 Å². The molecule has 1 saturated heterocycles. The third-order valence-electron chi connectivity index (χ3n) is 3.94. The van der Waals surface area contributed by atoms with Crippen LogP contribution in [-0.2, 0) is 11.2 Å². The van der Waals surface area contributed by atoms with E-state index in [1.54, 1.807) is 0 Å². The maximum absolute atomic E-state index is 11.9. The van der Waals surface area contributed by atoms with Gasteiger partial charge in [-0.3, -0.25) is 9.79 Å². The lowest BCUT2D eigenvalue weighted by molar-refractivity contribution is -0.127. The molecular formula is C17H24N4O. The van der Waals surface area contributed by atoms with Crippen molar-refractivity contribution in [1.29, 1.82) is 5.26 Å². The molecule has 0 aromatic carbocycles. The van der Waals surface area contributed by atoms with E-state index >= 15 is 0 Å². The summed E-state index contributed by atoms with van der Waals surface area (Å²) >= 11 is 0. The second-order valence-corrected chi connectivity index (χ2v) is 5.78. The number of carbonyl (C=O) groups is 1. The molecule has 1 N–H and O–H groups in total. The molecule has 5 nitrogen and oxygen atoms in total. The summed E-state index contributed by atoms with van der Waals surface area (Å²) in [6.07, 6.45) is 7.57. The second-order valence-electron chi connectivity index (χ2n) is 5.78. The van der Waals surface area contributed by atoms with Crippen molar-refractivity contribution < 1.29 is 4.79 Å². The van der Waals surface area contributed by atoms with Gasteiger partial charge in [-0.2, -0.15) is 5.26 Å². The molecule has 1 aromatic rings. The predicted octanol–water partition coefficient (Wildman–Crippen LogP) is 3.33. The molecule has 1 amide bonds. The topological polar surface area (TPSA) is 72.2 Å². The molecule has 0 unspecified atom stereocenters. The zero-order valence-corrected chi connectivity index (χ0v) is 13.5. The van der Waals surface area contributed by atoms with Crippen molar-refractivity contribution in [3.8, 4) is 6.07 Å². The van der Waals surface area contributed by atoms with Gasteiger partial charge in [0.2, 0.25) is 5.91 Å². The summed E-state index contributed by atoms with van der Waals surface area (Å²) in [5, 5.41) is 9.24. The lowest BCUT2D eigenvalue weighted by Gasteiger charge is -2.12. The Labute approximate surface area is 132 Å². The van der Waals surface area contributed by atoms with Gasteiger partial charge < -0.3 is 9.88 Å². The van der Waals surface area contributed by atoms with Gasteiger partial charge in [0.1, 0.15) is 17.5 Å². The number of hydrogen-bond acceptors (Lipinski definition) is 3. The summed E-state index contributed by atoms with van der Waals surface area (Å²) in [6, 6.07) is 2.17. The van der Waals surface area contributed by atoms with Crippen LogP contribution in [0.2, 0.25) is 0 Å². The minimum atomic E-state index is 0.141. The van der Waals surface area contributed by atoms with Crippen LogP contribution in [0.1, 0.15) is 57.2 Å². The molecule has 22 heavy (non-hydrogen) atoms. The maximum Gasteiger partial charge on any atom is 0.228 e. The standard InChI is InChI=1S/C17H24N4O/c1-3-5-6-7-13-11-19-15(10-18)17(13)20-14-9-16(22)21(12-14)8-4-2/h11,19H,3-9,12H2,1-2H3. The Morgan fingerprint density at radius 2 is 2.18 bits per heavy atom. The molecule has 5 heteroatoms. The third kappa shape index (κ3) is 3.76. The van der Waals surface area contributed by atoms with Crippen LogP contribution in [-0.4, -0.2) is 34.6 Å². The number of unbranched alkanes of at least 4 members (excludes halogenated alkanes) is 2. The summed E-state index contributed by atoms with van der Waals surface area (Å²) in [6.45, 7) is 5.61. The van der Waals surface area contributed by atoms with Crippen LogP contribution in [0, 0.1) is 11.3 Å². The van der Waals surface area contributed by atoms with E-state index in [0.717, 1.165) is 42.8 Å². The van der Waals surface area contributed by atoms with Gasteiger partial charge in [0.15, 0.2) is 0 Å². The van der Waals surface area contributed by atoms with Gasteiger partial charge in [0.05, 0.1) is 13.0 Å². The fourth-order valence-corrected chi connectivity index (χ4v) is 2.78. The molecule has 1 aromatic heterocycles. The van der Waals surface area contributed by atoms with E-state index in [1.165, 1.54) is 12.8 Å². The van der Waals surface area contributed by atoms with E-state index < -0.39 is 0 Å². The van der Waals surface area contributed by atoms with Crippen molar-refractivity contribution in [2.24, 2.45) is 4.99 Å². The number of rotatable bonds is 7. The second kappa shape index (κ2) is 7.79. The summed E-state index contributed by atoms with van der Waals surface area (Å²) in [7, 11) is 0. The van der Waals surface area contributed by atoms with E-state index in [-0.39, 0.29) is 5.91 Å². The SMILES string of the molecule is CCCCCc1c[nH]c(C#N)c1N=C1CC(=O)N(CCC)C1. The van der Waals surface area contributed by atoms with Gasteiger partial charge in [-0.25, -0.2) is 0 Å². The van der Waals surface area contributed by atoms with Crippen LogP contribution in [0.4, 0.5) is 5.69 Å². The number of nitrogens with zero attached hydrogens (tertiary/aromatic N) is 3. The molecule has 2 heterocycles.